The second kappa shape index (κ2) is 8.12. The van der Waals surface area contributed by atoms with E-state index in [0.717, 1.165) is 11.4 Å². The van der Waals surface area contributed by atoms with E-state index < -0.39 is 12.0 Å². The van der Waals surface area contributed by atoms with Crippen LogP contribution in [0.25, 0.3) is 5.69 Å². The van der Waals surface area contributed by atoms with Crippen molar-refractivity contribution in [1.82, 2.24) is 20.3 Å². The molecule has 2 aromatic rings. The SMILES string of the molecule is Cc1c(CC(=O)NC(CCC(C)(C)C)C(=O)O)nnn1-c1ccccc1. The van der Waals surface area contributed by atoms with Crippen molar-refractivity contribution in [2.45, 2.75) is 53.0 Å². The first-order valence-corrected chi connectivity index (χ1v) is 8.66. The molecule has 26 heavy (non-hydrogen) atoms. The normalized spacial score (nSPS) is 12.6. The zero-order valence-corrected chi connectivity index (χ0v) is 15.7. The number of para-hydroxylation sites is 1. The fraction of sp³-hybridized carbons (Fsp3) is 0.474. The van der Waals surface area contributed by atoms with Gasteiger partial charge in [-0.2, -0.15) is 0 Å². The Bertz CT molecular complexity index is 763. The first-order valence-electron chi connectivity index (χ1n) is 8.66. The Kier molecular flexibility index (Phi) is 6.13. The highest BCUT2D eigenvalue weighted by atomic mass is 16.4. The lowest BCUT2D eigenvalue weighted by atomic mass is 9.88. The van der Waals surface area contributed by atoms with E-state index in [9.17, 15) is 14.7 Å². The molecule has 0 saturated heterocycles. The summed E-state index contributed by atoms with van der Waals surface area (Å²) in [6.07, 6.45) is 1.09. The van der Waals surface area contributed by atoms with Crippen molar-refractivity contribution in [2.75, 3.05) is 0 Å². The van der Waals surface area contributed by atoms with Gasteiger partial charge in [-0.05, 0) is 37.3 Å². The van der Waals surface area contributed by atoms with E-state index in [2.05, 4.69) is 15.6 Å². The molecule has 0 spiro atoms. The fourth-order valence-electron chi connectivity index (χ4n) is 2.57. The number of carbonyl (C=O) groups is 2. The van der Waals surface area contributed by atoms with E-state index >= 15 is 0 Å². The van der Waals surface area contributed by atoms with Crippen LogP contribution in [0.15, 0.2) is 30.3 Å². The maximum absolute atomic E-state index is 12.3. The molecular formula is C19H26N4O3. The third-order valence-electron chi connectivity index (χ3n) is 4.14. The largest absolute Gasteiger partial charge is 0.480 e. The van der Waals surface area contributed by atoms with Crippen LogP contribution in [-0.4, -0.2) is 38.0 Å². The van der Waals surface area contributed by atoms with E-state index in [0.29, 0.717) is 18.5 Å². The first-order chi connectivity index (χ1) is 12.2. The molecule has 1 aromatic heterocycles. The molecule has 140 valence electrons. The monoisotopic (exact) mass is 358 g/mol. The molecule has 1 amide bonds. The molecule has 1 unspecified atom stereocenters. The average Bonchev–Trinajstić information content (AvgIpc) is 2.92. The number of aliphatic carboxylic acids is 1. The molecule has 0 fully saturated rings. The summed E-state index contributed by atoms with van der Waals surface area (Å²) >= 11 is 0. The third kappa shape index (κ3) is 5.40. The number of carboxylic acids is 1. The molecule has 0 saturated carbocycles. The fourth-order valence-corrected chi connectivity index (χ4v) is 2.57. The highest BCUT2D eigenvalue weighted by Crippen LogP contribution is 2.21. The number of amides is 1. The number of nitrogens with one attached hydrogen (secondary N) is 1. The summed E-state index contributed by atoms with van der Waals surface area (Å²) in [5, 5.41) is 20.1. The molecule has 1 heterocycles. The average molecular weight is 358 g/mol. The van der Waals surface area contributed by atoms with Gasteiger partial charge in [0.1, 0.15) is 6.04 Å². The molecule has 0 aliphatic carbocycles. The van der Waals surface area contributed by atoms with Crippen molar-refractivity contribution in [3.63, 3.8) is 0 Å². The number of carboxylic acid groups (broad SMARTS) is 1. The summed E-state index contributed by atoms with van der Waals surface area (Å²) in [7, 11) is 0. The Morgan fingerprint density at radius 2 is 1.88 bits per heavy atom. The number of aromatic nitrogens is 3. The standard InChI is InChI=1S/C19H26N4O3/c1-13-16(21-22-23(13)14-8-6-5-7-9-14)12-17(24)20-15(18(25)26)10-11-19(2,3)4/h5-9,15H,10-12H2,1-4H3,(H,20,24)(H,25,26). The molecule has 0 aliphatic rings. The van der Waals surface area contributed by atoms with Crippen LogP contribution in [-0.2, 0) is 16.0 Å². The lowest BCUT2D eigenvalue weighted by molar-refractivity contribution is -0.142. The quantitative estimate of drug-likeness (QED) is 0.793. The second-order valence-corrected chi connectivity index (χ2v) is 7.60. The van der Waals surface area contributed by atoms with Gasteiger partial charge in [-0.1, -0.05) is 44.2 Å². The van der Waals surface area contributed by atoms with Crippen LogP contribution in [0.2, 0.25) is 0 Å². The van der Waals surface area contributed by atoms with Crippen LogP contribution in [0.5, 0.6) is 0 Å². The summed E-state index contributed by atoms with van der Waals surface area (Å²) in [6, 6.07) is 8.61. The highest BCUT2D eigenvalue weighted by Gasteiger charge is 2.23. The summed E-state index contributed by atoms with van der Waals surface area (Å²) in [5.41, 5.74) is 2.16. The topological polar surface area (TPSA) is 97.1 Å². The molecule has 2 N–H and O–H groups in total. The van der Waals surface area contributed by atoms with Crippen molar-refractivity contribution in [3.8, 4) is 5.69 Å². The van der Waals surface area contributed by atoms with Crippen molar-refractivity contribution in [1.29, 1.82) is 0 Å². The molecule has 0 radical (unpaired) electrons. The summed E-state index contributed by atoms with van der Waals surface area (Å²) in [6.45, 7) is 7.96. The van der Waals surface area contributed by atoms with Gasteiger partial charge in [0.05, 0.1) is 23.5 Å². The van der Waals surface area contributed by atoms with Gasteiger partial charge in [-0.3, -0.25) is 4.79 Å². The zero-order chi connectivity index (χ0) is 19.3. The lowest BCUT2D eigenvalue weighted by Gasteiger charge is -2.21. The molecular weight excluding hydrogens is 332 g/mol. The lowest BCUT2D eigenvalue weighted by Crippen LogP contribution is -2.42. The van der Waals surface area contributed by atoms with Crippen molar-refractivity contribution < 1.29 is 14.7 Å². The Balaban J connectivity index is 2.03. The minimum Gasteiger partial charge on any atom is -0.480 e. The van der Waals surface area contributed by atoms with Gasteiger partial charge in [0.25, 0.3) is 0 Å². The van der Waals surface area contributed by atoms with E-state index in [1.165, 1.54) is 0 Å². The zero-order valence-electron chi connectivity index (χ0n) is 15.7. The van der Waals surface area contributed by atoms with E-state index in [-0.39, 0.29) is 17.7 Å². The third-order valence-corrected chi connectivity index (χ3v) is 4.14. The van der Waals surface area contributed by atoms with E-state index in [1.54, 1.807) is 4.68 Å². The predicted molar refractivity (Wildman–Crippen MR) is 98.1 cm³/mol. The Morgan fingerprint density at radius 3 is 2.46 bits per heavy atom. The number of hydrogen-bond donors (Lipinski definition) is 2. The smallest absolute Gasteiger partial charge is 0.326 e. The van der Waals surface area contributed by atoms with Gasteiger partial charge in [-0.15, -0.1) is 5.10 Å². The van der Waals surface area contributed by atoms with Crippen LogP contribution in [0.1, 0.15) is 45.0 Å². The van der Waals surface area contributed by atoms with Crippen molar-refractivity contribution in [2.24, 2.45) is 5.41 Å². The van der Waals surface area contributed by atoms with Crippen LogP contribution >= 0.6 is 0 Å². The molecule has 2 rings (SSSR count). The highest BCUT2D eigenvalue weighted by molar-refractivity contribution is 5.84. The molecule has 1 atom stereocenters. The van der Waals surface area contributed by atoms with Gasteiger partial charge in [0.15, 0.2) is 0 Å². The summed E-state index contributed by atoms with van der Waals surface area (Å²) in [5.74, 6) is -1.39. The van der Waals surface area contributed by atoms with Crippen LogP contribution in [0, 0.1) is 12.3 Å². The second-order valence-electron chi connectivity index (χ2n) is 7.60. The number of hydrogen-bond acceptors (Lipinski definition) is 4. The van der Waals surface area contributed by atoms with Crippen molar-refractivity contribution in [3.05, 3.63) is 41.7 Å². The predicted octanol–water partition coefficient (Wildman–Crippen LogP) is 2.51. The number of carbonyl (C=O) groups excluding carboxylic acids is 1. The molecule has 0 aliphatic heterocycles. The molecule has 1 aromatic carbocycles. The Morgan fingerprint density at radius 1 is 1.23 bits per heavy atom. The maximum atomic E-state index is 12.3. The minimum atomic E-state index is -1.02. The molecule has 7 nitrogen and oxygen atoms in total. The Labute approximate surface area is 153 Å². The van der Waals surface area contributed by atoms with E-state index in [1.807, 2.05) is 58.0 Å². The minimum absolute atomic E-state index is 0.00202. The van der Waals surface area contributed by atoms with Crippen LogP contribution in [0.3, 0.4) is 0 Å². The first kappa shape index (κ1) is 19.6. The Hall–Kier alpha value is -2.70. The summed E-state index contributed by atoms with van der Waals surface area (Å²) < 4.78 is 1.66. The maximum Gasteiger partial charge on any atom is 0.326 e. The number of rotatable bonds is 7. The number of nitrogens with zero attached hydrogens (tertiary/aromatic N) is 3. The van der Waals surface area contributed by atoms with Crippen molar-refractivity contribution >= 4 is 11.9 Å². The van der Waals surface area contributed by atoms with Crippen LogP contribution < -0.4 is 5.32 Å². The summed E-state index contributed by atoms with van der Waals surface area (Å²) in [4.78, 5) is 23.7. The number of benzene rings is 1. The molecule has 0 bridgehead atoms. The van der Waals surface area contributed by atoms with E-state index in [4.69, 9.17) is 0 Å². The van der Waals surface area contributed by atoms with Gasteiger partial charge in [0.2, 0.25) is 5.91 Å². The van der Waals surface area contributed by atoms with Gasteiger partial charge in [0, 0.05) is 0 Å². The van der Waals surface area contributed by atoms with Gasteiger partial charge < -0.3 is 10.4 Å². The van der Waals surface area contributed by atoms with Gasteiger partial charge in [-0.25, -0.2) is 9.48 Å². The van der Waals surface area contributed by atoms with Crippen LogP contribution in [0.4, 0.5) is 0 Å². The molecule has 7 heteroatoms. The van der Waals surface area contributed by atoms with Gasteiger partial charge >= 0.3 is 5.97 Å².